The van der Waals surface area contributed by atoms with Crippen molar-refractivity contribution in [2.45, 2.75) is 31.8 Å². The Hall–Kier alpha value is -0.480. The lowest BCUT2D eigenvalue weighted by Gasteiger charge is -2.33. The zero-order chi connectivity index (χ0) is 13.5. The highest BCUT2D eigenvalue weighted by atomic mass is 79.9. The van der Waals surface area contributed by atoms with E-state index >= 15 is 0 Å². The Labute approximate surface area is 120 Å². The maximum atomic E-state index is 13.9. The summed E-state index contributed by atoms with van der Waals surface area (Å²) in [5.74, 6) is -0.0807. The van der Waals surface area contributed by atoms with Crippen LogP contribution in [0.3, 0.4) is 0 Å². The topological polar surface area (TPSA) is 9.23 Å². The number of benzene rings is 1. The molecular weight excluding hydrogens is 314 g/mol. The fourth-order valence-corrected chi connectivity index (χ4v) is 3.98. The quantitative estimate of drug-likeness (QED) is 0.755. The van der Waals surface area contributed by atoms with Gasteiger partial charge in [-0.15, -0.1) is 0 Å². The first-order chi connectivity index (χ1) is 9.14. The number of ether oxygens (including phenoxy) is 1. The van der Waals surface area contributed by atoms with Gasteiger partial charge in [-0.3, -0.25) is 0 Å². The molecule has 1 saturated heterocycles. The molecule has 0 spiro atoms. The molecule has 0 radical (unpaired) electrons. The first-order valence-corrected chi connectivity index (χ1v) is 7.88. The van der Waals surface area contributed by atoms with Gasteiger partial charge in [-0.1, -0.05) is 15.9 Å². The van der Waals surface area contributed by atoms with Gasteiger partial charge < -0.3 is 4.74 Å². The van der Waals surface area contributed by atoms with Crippen LogP contribution in [-0.4, -0.2) is 18.0 Å². The molecule has 2 atom stereocenters. The van der Waals surface area contributed by atoms with Crippen LogP contribution in [0.25, 0.3) is 0 Å². The van der Waals surface area contributed by atoms with E-state index in [1.165, 1.54) is 31.0 Å². The van der Waals surface area contributed by atoms with Gasteiger partial charge in [0.15, 0.2) is 0 Å². The molecule has 0 aromatic heterocycles. The van der Waals surface area contributed by atoms with E-state index in [4.69, 9.17) is 4.74 Å². The van der Waals surface area contributed by atoms with Gasteiger partial charge in [-0.25, -0.2) is 8.78 Å². The van der Waals surface area contributed by atoms with Crippen molar-refractivity contribution < 1.29 is 13.5 Å². The van der Waals surface area contributed by atoms with E-state index in [1.54, 1.807) is 0 Å². The van der Waals surface area contributed by atoms with Crippen LogP contribution in [0.4, 0.5) is 8.78 Å². The SMILES string of the molecule is Fc1ccc(F)c(CC2(CBr)CCOC2C2CC2)c1. The van der Waals surface area contributed by atoms with Gasteiger partial charge in [0.2, 0.25) is 0 Å². The monoisotopic (exact) mass is 330 g/mol. The van der Waals surface area contributed by atoms with Crippen LogP contribution >= 0.6 is 15.9 Å². The molecule has 0 amide bonds. The molecule has 0 bridgehead atoms. The largest absolute Gasteiger partial charge is 0.377 e. The molecule has 19 heavy (non-hydrogen) atoms. The van der Waals surface area contributed by atoms with Gasteiger partial charge in [0, 0.05) is 17.4 Å². The first-order valence-electron chi connectivity index (χ1n) is 6.76. The van der Waals surface area contributed by atoms with Crippen LogP contribution in [-0.2, 0) is 11.2 Å². The number of alkyl halides is 1. The van der Waals surface area contributed by atoms with E-state index in [9.17, 15) is 8.78 Å². The van der Waals surface area contributed by atoms with E-state index in [0.29, 0.717) is 17.9 Å². The van der Waals surface area contributed by atoms with Crippen molar-refractivity contribution >= 4 is 15.9 Å². The zero-order valence-corrected chi connectivity index (χ0v) is 12.3. The van der Waals surface area contributed by atoms with Crippen LogP contribution < -0.4 is 0 Å². The van der Waals surface area contributed by atoms with Gasteiger partial charge in [-0.05, 0) is 55.4 Å². The van der Waals surface area contributed by atoms with Crippen LogP contribution in [0.1, 0.15) is 24.8 Å². The summed E-state index contributed by atoms with van der Waals surface area (Å²) in [5, 5.41) is 0.775. The summed E-state index contributed by atoms with van der Waals surface area (Å²) in [7, 11) is 0. The molecule has 1 heterocycles. The Bertz CT molecular complexity index is 475. The molecule has 2 aliphatic rings. The standard InChI is InChI=1S/C15H17BrF2O/c16-9-15(5-6-19-14(15)10-1-2-10)8-11-7-12(17)3-4-13(11)18/h3-4,7,10,14H,1-2,5-6,8-9H2. The predicted molar refractivity (Wildman–Crippen MR) is 73.4 cm³/mol. The number of hydrogen-bond donors (Lipinski definition) is 0. The Morgan fingerprint density at radius 1 is 1.32 bits per heavy atom. The lowest BCUT2D eigenvalue weighted by Crippen LogP contribution is -2.36. The summed E-state index contributed by atoms with van der Waals surface area (Å²) >= 11 is 3.57. The maximum absolute atomic E-state index is 13.9. The van der Waals surface area contributed by atoms with E-state index < -0.39 is 0 Å². The summed E-state index contributed by atoms with van der Waals surface area (Å²) in [6.07, 6.45) is 4.05. The molecule has 4 heteroatoms. The summed E-state index contributed by atoms with van der Waals surface area (Å²) in [5.41, 5.74) is 0.381. The lowest BCUT2D eigenvalue weighted by atomic mass is 9.76. The molecule has 1 aromatic carbocycles. The lowest BCUT2D eigenvalue weighted by molar-refractivity contribution is 0.0410. The van der Waals surface area contributed by atoms with E-state index in [-0.39, 0.29) is 23.2 Å². The van der Waals surface area contributed by atoms with Gasteiger partial charge in [-0.2, -0.15) is 0 Å². The van der Waals surface area contributed by atoms with Crippen molar-refractivity contribution in [3.05, 3.63) is 35.4 Å². The zero-order valence-electron chi connectivity index (χ0n) is 10.7. The van der Waals surface area contributed by atoms with Crippen molar-refractivity contribution in [2.24, 2.45) is 11.3 Å². The minimum absolute atomic E-state index is 0.0875. The minimum atomic E-state index is -0.372. The van der Waals surface area contributed by atoms with Crippen LogP contribution in [0.15, 0.2) is 18.2 Å². The van der Waals surface area contributed by atoms with Crippen LogP contribution in [0.2, 0.25) is 0 Å². The Balaban J connectivity index is 1.87. The highest BCUT2D eigenvalue weighted by Crippen LogP contribution is 2.50. The average molecular weight is 331 g/mol. The summed E-state index contributed by atoms with van der Waals surface area (Å²) in [6.45, 7) is 0.726. The Kier molecular flexibility index (Phi) is 3.65. The molecule has 1 nitrogen and oxygen atoms in total. The second kappa shape index (κ2) is 5.13. The second-order valence-corrected chi connectivity index (χ2v) is 6.35. The molecule has 104 valence electrons. The number of hydrogen-bond acceptors (Lipinski definition) is 1. The minimum Gasteiger partial charge on any atom is -0.377 e. The highest BCUT2D eigenvalue weighted by molar-refractivity contribution is 9.09. The van der Waals surface area contributed by atoms with Crippen molar-refractivity contribution in [3.8, 4) is 0 Å². The molecular formula is C15H17BrF2O. The second-order valence-electron chi connectivity index (χ2n) is 5.79. The molecule has 3 rings (SSSR count). The van der Waals surface area contributed by atoms with E-state index in [1.807, 2.05) is 0 Å². The molecule has 1 aromatic rings. The van der Waals surface area contributed by atoms with Gasteiger partial charge in [0.25, 0.3) is 0 Å². The van der Waals surface area contributed by atoms with E-state index in [0.717, 1.165) is 18.4 Å². The third-order valence-corrected chi connectivity index (χ3v) is 5.48. The van der Waals surface area contributed by atoms with Crippen molar-refractivity contribution in [3.63, 3.8) is 0 Å². The highest BCUT2D eigenvalue weighted by Gasteiger charge is 2.50. The molecule has 2 unspecified atom stereocenters. The third kappa shape index (κ3) is 2.57. The van der Waals surface area contributed by atoms with Gasteiger partial charge >= 0.3 is 0 Å². The Morgan fingerprint density at radius 3 is 2.79 bits per heavy atom. The molecule has 1 saturated carbocycles. The number of halogens is 3. The Morgan fingerprint density at radius 2 is 2.11 bits per heavy atom. The smallest absolute Gasteiger partial charge is 0.126 e. The van der Waals surface area contributed by atoms with Gasteiger partial charge in [0.1, 0.15) is 11.6 Å². The maximum Gasteiger partial charge on any atom is 0.126 e. The molecule has 0 N–H and O–H groups in total. The summed E-state index contributed by atoms with van der Waals surface area (Å²) in [6, 6.07) is 3.71. The fraction of sp³-hybridized carbons (Fsp3) is 0.600. The third-order valence-electron chi connectivity index (χ3n) is 4.37. The molecule has 1 aliphatic carbocycles. The van der Waals surface area contributed by atoms with Crippen molar-refractivity contribution in [1.82, 2.24) is 0 Å². The summed E-state index contributed by atoms with van der Waals surface area (Å²) in [4.78, 5) is 0. The average Bonchev–Trinajstić information content (AvgIpc) is 3.16. The van der Waals surface area contributed by atoms with E-state index in [2.05, 4.69) is 15.9 Å². The number of rotatable bonds is 4. The van der Waals surface area contributed by atoms with Crippen LogP contribution in [0, 0.1) is 23.0 Å². The summed E-state index contributed by atoms with van der Waals surface area (Å²) < 4.78 is 33.0. The normalized spacial score (nSPS) is 30.8. The van der Waals surface area contributed by atoms with Crippen molar-refractivity contribution in [2.75, 3.05) is 11.9 Å². The molecule has 1 aliphatic heterocycles. The van der Waals surface area contributed by atoms with Gasteiger partial charge in [0.05, 0.1) is 6.10 Å². The molecule has 2 fully saturated rings. The fourth-order valence-electron chi connectivity index (χ4n) is 3.18. The first kappa shape index (κ1) is 13.5. The predicted octanol–water partition coefficient (Wildman–Crippen LogP) is 4.09. The van der Waals surface area contributed by atoms with Crippen LogP contribution in [0.5, 0.6) is 0 Å². The van der Waals surface area contributed by atoms with Crippen molar-refractivity contribution in [1.29, 1.82) is 0 Å².